The van der Waals surface area contributed by atoms with Crippen molar-refractivity contribution in [3.63, 3.8) is 0 Å². The highest BCUT2D eigenvalue weighted by molar-refractivity contribution is 7.17. The number of ether oxygens (including phenoxy) is 2. The molecule has 164 valence electrons. The van der Waals surface area contributed by atoms with Gasteiger partial charge in [0.05, 0.1) is 18.8 Å². The smallest absolute Gasteiger partial charge is 0.341 e. The number of aryl methyl sites for hydroxylation is 2. The molecule has 0 radical (unpaired) electrons. The predicted octanol–water partition coefficient (Wildman–Crippen LogP) is 2.93. The van der Waals surface area contributed by atoms with Crippen LogP contribution in [0.25, 0.3) is 0 Å². The van der Waals surface area contributed by atoms with Gasteiger partial charge >= 0.3 is 5.97 Å². The molecule has 0 aliphatic heterocycles. The summed E-state index contributed by atoms with van der Waals surface area (Å²) in [6.45, 7) is 3.55. The number of nitrogens with one attached hydrogen (secondary N) is 1. The van der Waals surface area contributed by atoms with Gasteiger partial charge in [0.15, 0.2) is 0 Å². The fourth-order valence-corrected chi connectivity index (χ4v) is 5.10. The van der Waals surface area contributed by atoms with E-state index in [0.717, 1.165) is 36.1 Å². The normalized spacial score (nSPS) is 12.7. The molecule has 9 heteroatoms. The first-order valence-corrected chi connectivity index (χ1v) is 11.0. The van der Waals surface area contributed by atoms with Crippen molar-refractivity contribution in [2.75, 3.05) is 19.0 Å². The Morgan fingerprint density at radius 2 is 2.06 bits per heavy atom. The third kappa shape index (κ3) is 4.70. The Morgan fingerprint density at radius 3 is 2.74 bits per heavy atom. The summed E-state index contributed by atoms with van der Waals surface area (Å²) in [5.41, 5.74) is 1.82. The van der Waals surface area contributed by atoms with E-state index in [1.807, 2.05) is 6.07 Å². The maximum absolute atomic E-state index is 12.8. The van der Waals surface area contributed by atoms with E-state index >= 15 is 0 Å². The molecule has 0 fully saturated rings. The molecule has 1 N–H and O–H groups in total. The van der Waals surface area contributed by atoms with Crippen molar-refractivity contribution in [1.29, 1.82) is 5.26 Å². The molecule has 1 amide bonds. The van der Waals surface area contributed by atoms with Crippen LogP contribution in [0.2, 0.25) is 0 Å². The Morgan fingerprint density at radius 1 is 1.32 bits per heavy atom. The molecule has 1 aliphatic carbocycles. The number of nitrogens with zero attached hydrogens (tertiary/aromatic N) is 2. The quantitative estimate of drug-likeness (QED) is 0.659. The number of carbonyl (C=O) groups is 2. The largest absolute Gasteiger partial charge is 0.462 e. The minimum Gasteiger partial charge on any atom is -0.462 e. The molecule has 0 bridgehead atoms. The van der Waals surface area contributed by atoms with Crippen molar-refractivity contribution in [1.82, 2.24) is 4.57 Å². The molecule has 2 aromatic rings. The number of aromatic nitrogens is 1. The standard InChI is InChI=1S/C22H25N3O5S/c1-4-30-22(28)19-15-7-5-6-8-17(15)31-20(19)24-18(26)11-25-13(2)9-14(12-29-3)16(10-23)21(25)27/h9H,4-8,11-12H2,1-3H3,(H,24,26). The zero-order chi connectivity index (χ0) is 22.5. The van der Waals surface area contributed by atoms with Gasteiger partial charge in [-0.05, 0) is 51.2 Å². The van der Waals surface area contributed by atoms with Crippen LogP contribution in [0.4, 0.5) is 5.00 Å². The Bertz CT molecular complexity index is 1110. The van der Waals surface area contributed by atoms with E-state index in [2.05, 4.69) is 5.32 Å². The van der Waals surface area contributed by atoms with Gasteiger partial charge < -0.3 is 19.4 Å². The fraction of sp³-hybridized carbons (Fsp3) is 0.455. The number of methoxy groups -OCH3 is 1. The van der Waals surface area contributed by atoms with Gasteiger partial charge in [0, 0.05) is 23.2 Å². The second-order valence-corrected chi connectivity index (χ2v) is 8.41. The van der Waals surface area contributed by atoms with Crippen molar-refractivity contribution in [3.05, 3.63) is 49.2 Å². The first-order valence-electron chi connectivity index (χ1n) is 10.1. The van der Waals surface area contributed by atoms with Crippen LogP contribution in [-0.4, -0.2) is 30.2 Å². The van der Waals surface area contributed by atoms with Gasteiger partial charge in [-0.15, -0.1) is 11.3 Å². The van der Waals surface area contributed by atoms with Crippen LogP contribution in [0.15, 0.2) is 10.9 Å². The van der Waals surface area contributed by atoms with E-state index in [1.165, 1.54) is 23.0 Å². The predicted molar refractivity (Wildman–Crippen MR) is 116 cm³/mol. The SMILES string of the molecule is CCOC(=O)c1c(NC(=O)Cn2c(C)cc(COC)c(C#N)c2=O)sc2c1CCCC2. The molecule has 3 rings (SSSR count). The minimum atomic E-state index is -0.541. The average molecular weight is 444 g/mol. The number of anilines is 1. The van der Waals surface area contributed by atoms with Crippen LogP contribution in [-0.2, 0) is 40.3 Å². The highest BCUT2D eigenvalue weighted by Crippen LogP contribution is 2.38. The summed E-state index contributed by atoms with van der Waals surface area (Å²) in [4.78, 5) is 39.2. The number of rotatable bonds is 7. The third-order valence-electron chi connectivity index (χ3n) is 5.21. The number of amides is 1. The summed E-state index contributed by atoms with van der Waals surface area (Å²) >= 11 is 1.39. The van der Waals surface area contributed by atoms with Crippen molar-refractivity contribution in [2.24, 2.45) is 0 Å². The van der Waals surface area contributed by atoms with E-state index in [9.17, 15) is 19.6 Å². The second kappa shape index (κ2) is 9.90. The Kier molecular flexibility index (Phi) is 7.25. The van der Waals surface area contributed by atoms with Gasteiger partial charge in [-0.3, -0.25) is 9.59 Å². The van der Waals surface area contributed by atoms with E-state index in [0.29, 0.717) is 21.8 Å². The summed E-state index contributed by atoms with van der Waals surface area (Å²) in [5, 5.41) is 12.6. The Balaban J connectivity index is 1.90. The molecule has 0 unspecified atom stereocenters. The Labute approximate surface area is 184 Å². The molecular formula is C22H25N3O5S. The van der Waals surface area contributed by atoms with Gasteiger partial charge in [0.1, 0.15) is 23.2 Å². The van der Waals surface area contributed by atoms with E-state index < -0.39 is 17.4 Å². The molecular weight excluding hydrogens is 418 g/mol. The minimum absolute atomic E-state index is 0.0425. The lowest BCUT2D eigenvalue weighted by molar-refractivity contribution is -0.116. The molecule has 8 nitrogen and oxygen atoms in total. The van der Waals surface area contributed by atoms with E-state index in [1.54, 1.807) is 19.9 Å². The molecule has 2 heterocycles. The van der Waals surface area contributed by atoms with Crippen LogP contribution in [0, 0.1) is 18.3 Å². The highest BCUT2D eigenvalue weighted by Gasteiger charge is 2.27. The zero-order valence-corrected chi connectivity index (χ0v) is 18.7. The molecule has 2 aromatic heterocycles. The third-order valence-corrected chi connectivity index (χ3v) is 6.41. The molecule has 0 atom stereocenters. The number of nitriles is 1. The van der Waals surface area contributed by atoms with Crippen LogP contribution in [0.3, 0.4) is 0 Å². The van der Waals surface area contributed by atoms with Gasteiger partial charge in [0.2, 0.25) is 5.91 Å². The van der Waals surface area contributed by atoms with Crippen LogP contribution < -0.4 is 10.9 Å². The van der Waals surface area contributed by atoms with Crippen LogP contribution in [0.1, 0.15) is 57.4 Å². The lowest BCUT2D eigenvalue weighted by Crippen LogP contribution is -2.31. The number of pyridine rings is 1. The Hall–Kier alpha value is -2.96. The van der Waals surface area contributed by atoms with E-state index in [4.69, 9.17) is 9.47 Å². The second-order valence-electron chi connectivity index (χ2n) is 7.31. The number of esters is 1. The van der Waals surface area contributed by atoms with Gasteiger partial charge in [-0.1, -0.05) is 0 Å². The zero-order valence-electron chi connectivity index (χ0n) is 17.9. The maximum Gasteiger partial charge on any atom is 0.341 e. The van der Waals surface area contributed by atoms with Gasteiger partial charge in [0.25, 0.3) is 5.56 Å². The molecule has 31 heavy (non-hydrogen) atoms. The fourth-order valence-electron chi connectivity index (χ4n) is 3.80. The topological polar surface area (TPSA) is 110 Å². The van der Waals surface area contributed by atoms with E-state index in [-0.39, 0.29) is 25.3 Å². The van der Waals surface area contributed by atoms with Crippen molar-refractivity contribution in [3.8, 4) is 6.07 Å². The number of hydrogen-bond donors (Lipinski definition) is 1. The summed E-state index contributed by atoms with van der Waals surface area (Å²) < 4.78 is 11.5. The van der Waals surface area contributed by atoms with Crippen molar-refractivity contribution < 1.29 is 19.1 Å². The average Bonchev–Trinajstić information content (AvgIpc) is 3.09. The van der Waals surface area contributed by atoms with Gasteiger partial charge in [-0.2, -0.15) is 5.26 Å². The molecule has 1 aliphatic rings. The summed E-state index contributed by atoms with van der Waals surface area (Å²) in [6.07, 6.45) is 3.68. The summed E-state index contributed by atoms with van der Waals surface area (Å²) in [6, 6.07) is 3.58. The lowest BCUT2D eigenvalue weighted by atomic mass is 9.95. The summed E-state index contributed by atoms with van der Waals surface area (Å²) in [7, 11) is 1.48. The van der Waals surface area contributed by atoms with Crippen molar-refractivity contribution >= 4 is 28.2 Å². The molecule has 0 aromatic carbocycles. The summed E-state index contributed by atoms with van der Waals surface area (Å²) in [5.74, 6) is -0.890. The number of carbonyl (C=O) groups excluding carboxylic acids is 2. The number of hydrogen-bond acceptors (Lipinski definition) is 7. The van der Waals surface area contributed by atoms with Gasteiger partial charge in [-0.25, -0.2) is 4.79 Å². The molecule has 0 spiro atoms. The van der Waals surface area contributed by atoms with Crippen molar-refractivity contribution in [2.45, 2.75) is 52.7 Å². The number of thiophene rings is 1. The first kappa shape index (κ1) is 22.7. The first-order chi connectivity index (χ1) is 14.9. The molecule has 0 saturated heterocycles. The van der Waals surface area contributed by atoms with Crippen LogP contribution in [0.5, 0.6) is 0 Å². The monoisotopic (exact) mass is 443 g/mol. The van der Waals surface area contributed by atoms with Crippen LogP contribution >= 0.6 is 11.3 Å². The molecule has 0 saturated carbocycles. The maximum atomic E-state index is 12.8. The highest BCUT2D eigenvalue weighted by atomic mass is 32.1. The number of fused-ring (bicyclic) bond motifs is 1. The lowest BCUT2D eigenvalue weighted by Gasteiger charge is -2.14.